The van der Waals surface area contributed by atoms with Gasteiger partial charge in [-0.15, -0.1) is 0 Å². The van der Waals surface area contributed by atoms with E-state index in [9.17, 15) is 0 Å². The molecule has 0 bridgehead atoms. The van der Waals surface area contributed by atoms with Crippen molar-refractivity contribution in [3.05, 3.63) is 35.4 Å². The minimum absolute atomic E-state index is 0.751. The highest BCUT2D eigenvalue weighted by molar-refractivity contribution is 9.09. The molecule has 1 heteroatoms. The molecule has 0 radical (unpaired) electrons. The maximum Gasteiger partial charge on any atom is 0.0103 e. The van der Waals surface area contributed by atoms with Crippen molar-refractivity contribution >= 4 is 15.9 Å². The van der Waals surface area contributed by atoms with Crippen molar-refractivity contribution in [2.45, 2.75) is 38.5 Å². The van der Waals surface area contributed by atoms with Crippen LogP contribution in [0.5, 0.6) is 0 Å². The van der Waals surface area contributed by atoms with Crippen LogP contribution in [0.4, 0.5) is 0 Å². The van der Waals surface area contributed by atoms with Crippen molar-refractivity contribution in [2.24, 2.45) is 5.92 Å². The Labute approximate surface area is 101 Å². The Morgan fingerprint density at radius 2 is 1.93 bits per heavy atom. The first-order valence-corrected chi connectivity index (χ1v) is 7.12. The van der Waals surface area contributed by atoms with Gasteiger partial charge in [-0.25, -0.2) is 0 Å². The normalized spacial score (nSPS) is 17.7. The lowest BCUT2D eigenvalue weighted by Gasteiger charge is -2.13. The molecule has 0 spiro atoms. The lowest BCUT2D eigenvalue weighted by Crippen LogP contribution is -2.02. The van der Waals surface area contributed by atoms with Gasteiger partial charge in [0.25, 0.3) is 0 Å². The SMILES string of the molecule is CCCc1ccc(C(CBr)C2CC2)cc1. The third-order valence-electron chi connectivity index (χ3n) is 3.30. The summed E-state index contributed by atoms with van der Waals surface area (Å²) in [7, 11) is 0. The predicted octanol–water partition coefficient (Wildman–Crippen LogP) is 4.53. The van der Waals surface area contributed by atoms with Crippen LogP contribution in [0.3, 0.4) is 0 Å². The number of hydrogen-bond acceptors (Lipinski definition) is 0. The number of halogens is 1. The first kappa shape index (κ1) is 11.2. The van der Waals surface area contributed by atoms with Crippen LogP contribution in [0.1, 0.15) is 43.2 Å². The molecule has 1 aromatic carbocycles. The second-order valence-electron chi connectivity index (χ2n) is 4.59. The molecule has 2 rings (SSSR count). The van der Waals surface area contributed by atoms with E-state index in [-0.39, 0.29) is 0 Å². The highest BCUT2D eigenvalue weighted by Gasteiger charge is 2.31. The van der Waals surface area contributed by atoms with E-state index in [2.05, 4.69) is 47.1 Å². The Morgan fingerprint density at radius 3 is 2.40 bits per heavy atom. The van der Waals surface area contributed by atoms with Crippen molar-refractivity contribution in [3.63, 3.8) is 0 Å². The molecule has 82 valence electrons. The maximum absolute atomic E-state index is 3.64. The summed E-state index contributed by atoms with van der Waals surface area (Å²) in [5.41, 5.74) is 3.00. The van der Waals surface area contributed by atoms with Gasteiger partial charge in [-0.3, -0.25) is 0 Å². The standard InChI is InChI=1S/C14H19Br/c1-2-3-11-4-6-12(7-5-11)14(10-15)13-8-9-13/h4-7,13-14H,2-3,8-10H2,1H3. The van der Waals surface area contributed by atoms with E-state index in [4.69, 9.17) is 0 Å². The number of hydrogen-bond donors (Lipinski definition) is 0. The summed E-state index contributed by atoms with van der Waals surface area (Å²) in [5.74, 6) is 1.70. The molecule has 0 amide bonds. The molecule has 0 aromatic heterocycles. The van der Waals surface area contributed by atoms with Gasteiger partial charge in [0.2, 0.25) is 0 Å². The van der Waals surface area contributed by atoms with Crippen molar-refractivity contribution in [3.8, 4) is 0 Å². The lowest BCUT2D eigenvalue weighted by molar-refractivity contribution is 0.677. The minimum Gasteiger partial charge on any atom is -0.0921 e. The topological polar surface area (TPSA) is 0 Å². The van der Waals surface area contributed by atoms with E-state index in [0.717, 1.165) is 17.2 Å². The van der Waals surface area contributed by atoms with Crippen LogP contribution >= 0.6 is 15.9 Å². The molecule has 0 saturated heterocycles. The van der Waals surface area contributed by atoms with Crippen LogP contribution < -0.4 is 0 Å². The van der Waals surface area contributed by atoms with Gasteiger partial charge >= 0.3 is 0 Å². The second-order valence-corrected chi connectivity index (χ2v) is 5.24. The van der Waals surface area contributed by atoms with Gasteiger partial charge in [0.05, 0.1) is 0 Å². The Balaban J connectivity index is 2.07. The number of alkyl halides is 1. The molecule has 0 nitrogen and oxygen atoms in total. The van der Waals surface area contributed by atoms with Gasteiger partial charge in [0.1, 0.15) is 0 Å². The highest BCUT2D eigenvalue weighted by Crippen LogP contribution is 2.43. The average molecular weight is 267 g/mol. The zero-order valence-corrected chi connectivity index (χ0v) is 11.0. The van der Waals surface area contributed by atoms with Crippen molar-refractivity contribution in [1.82, 2.24) is 0 Å². The highest BCUT2D eigenvalue weighted by atomic mass is 79.9. The van der Waals surface area contributed by atoms with E-state index < -0.39 is 0 Å². The molecule has 1 saturated carbocycles. The summed E-state index contributed by atoms with van der Waals surface area (Å²) in [5, 5.41) is 1.12. The molecule has 15 heavy (non-hydrogen) atoms. The summed E-state index contributed by atoms with van der Waals surface area (Å²) >= 11 is 3.64. The van der Waals surface area contributed by atoms with Gasteiger partial charge in [0.15, 0.2) is 0 Å². The van der Waals surface area contributed by atoms with Gasteiger partial charge < -0.3 is 0 Å². The largest absolute Gasteiger partial charge is 0.0921 e. The summed E-state index contributed by atoms with van der Waals surface area (Å²) < 4.78 is 0. The number of aryl methyl sites for hydroxylation is 1. The van der Waals surface area contributed by atoms with Gasteiger partial charge in [-0.2, -0.15) is 0 Å². The molecule has 0 heterocycles. The number of rotatable bonds is 5. The summed E-state index contributed by atoms with van der Waals surface area (Å²) in [4.78, 5) is 0. The van der Waals surface area contributed by atoms with Crippen LogP contribution in [-0.4, -0.2) is 5.33 Å². The predicted molar refractivity (Wildman–Crippen MR) is 69.7 cm³/mol. The summed E-state index contributed by atoms with van der Waals surface area (Å²) in [6.45, 7) is 2.24. The Kier molecular flexibility index (Phi) is 3.85. The maximum atomic E-state index is 3.64. The summed E-state index contributed by atoms with van der Waals surface area (Å²) in [6, 6.07) is 9.26. The van der Waals surface area contributed by atoms with Crippen LogP contribution in [0.2, 0.25) is 0 Å². The van der Waals surface area contributed by atoms with Gasteiger partial charge in [0, 0.05) is 5.33 Å². The molecule has 1 atom stereocenters. The second kappa shape index (κ2) is 5.16. The van der Waals surface area contributed by atoms with Crippen molar-refractivity contribution in [2.75, 3.05) is 5.33 Å². The minimum atomic E-state index is 0.751. The molecule has 1 aliphatic rings. The quantitative estimate of drug-likeness (QED) is 0.688. The molecular formula is C14H19Br. The van der Waals surface area contributed by atoms with E-state index in [1.54, 1.807) is 0 Å². The van der Waals surface area contributed by atoms with E-state index in [1.165, 1.54) is 36.8 Å². The first-order chi connectivity index (χ1) is 7.35. The van der Waals surface area contributed by atoms with Crippen LogP contribution in [-0.2, 0) is 6.42 Å². The fraction of sp³-hybridized carbons (Fsp3) is 0.571. The fourth-order valence-corrected chi connectivity index (χ4v) is 3.11. The number of benzene rings is 1. The Hall–Kier alpha value is -0.300. The van der Waals surface area contributed by atoms with Crippen molar-refractivity contribution < 1.29 is 0 Å². The lowest BCUT2D eigenvalue weighted by atomic mass is 9.95. The van der Waals surface area contributed by atoms with Crippen LogP contribution in [0, 0.1) is 5.92 Å². The van der Waals surface area contributed by atoms with E-state index in [0.29, 0.717) is 0 Å². The molecular weight excluding hydrogens is 248 g/mol. The van der Waals surface area contributed by atoms with E-state index in [1.807, 2.05) is 0 Å². The zero-order valence-electron chi connectivity index (χ0n) is 9.38. The fourth-order valence-electron chi connectivity index (χ4n) is 2.21. The van der Waals surface area contributed by atoms with E-state index >= 15 is 0 Å². The molecule has 1 aliphatic carbocycles. The molecule has 1 aromatic rings. The summed E-state index contributed by atoms with van der Waals surface area (Å²) in [6.07, 6.45) is 5.30. The van der Waals surface area contributed by atoms with Gasteiger partial charge in [-0.1, -0.05) is 53.5 Å². The smallest absolute Gasteiger partial charge is 0.0103 e. The Bertz CT molecular complexity index is 298. The molecule has 1 unspecified atom stereocenters. The Morgan fingerprint density at radius 1 is 1.27 bits per heavy atom. The molecule has 0 N–H and O–H groups in total. The molecule has 0 aliphatic heterocycles. The van der Waals surface area contributed by atoms with Crippen molar-refractivity contribution in [1.29, 1.82) is 0 Å². The third-order valence-corrected chi connectivity index (χ3v) is 4.00. The van der Waals surface area contributed by atoms with Crippen LogP contribution in [0.25, 0.3) is 0 Å². The average Bonchev–Trinajstić information content (AvgIpc) is 3.06. The molecule has 1 fully saturated rings. The van der Waals surface area contributed by atoms with Gasteiger partial charge in [-0.05, 0) is 42.2 Å². The zero-order chi connectivity index (χ0) is 10.7. The van der Waals surface area contributed by atoms with Crippen LogP contribution in [0.15, 0.2) is 24.3 Å². The third kappa shape index (κ3) is 2.84. The monoisotopic (exact) mass is 266 g/mol. The first-order valence-electron chi connectivity index (χ1n) is 6.00.